The van der Waals surface area contributed by atoms with Crippen LogP contribution in [0.25, 0.3) is 0 Å². The minimum atomic E-state index is -2.81. The molecule has 1 aromatic rings. The van der Waals surface area contributed by atoms with Crippen LogP contribution in [0.2, 0.25) is 0 Å². The van der Waals surface area contributed by atoms with Gasteiger partial charge >= 0.3 is 0 Å². The van der Waals surface area contributed by atoms with Crippen molar-refractivity contribution in [1.29, 1.82) is 0 Å². The SMILES string of the molecule is CCOCOc1ccc(C(C)(F)F)cc1. The van der Waals surface area contributed by atoms with Crippen molar-refractivity contribution in [2.24, 2.45) is 0 Å². The van der Waals surface area contributed by atoms with Crippen LogP contribution in [0.5, 0.6) is 5.75 Å². The van der Waals surface area contributed by atoms with Gasteiger partial charge in [-0.3, -0.25) is 0 Å². The van der Waals surface area contributed by atoms with Crippen LogP contribution < -0.4 is 4.74 Å². The van der Waals surface area contributed by atoms with Crippen molar-refractivity contribution >= 4 is 0 Å². The van der Waals surface area contributed by atoms with E-state index in [-0.39, 0.29) is 12.4 Å². The smallest absolute Gasteiger partial charge is 0.270 e. The van der Waals surface area contributed by atoms with E-state index < -0.39 is 5.92 Å². The molecular formula is C11H14F2O2. The van der Waals surface area contributed by atoms with E-state index in [2.05, 4.69) is 0 Å². The first kappa shape index (κ1) is 11.9. The van der Waals surface area contributed by atoms with Crippen LogP contribution in [-0.4, -0.2) is 13.4 Å². The zero-order valence-corrected chi connectivity index (χ0v) is 8.80. The number of rotatable bonds is 5. The van der Waals surface area contributed by atoms with Crippen molar-refractivity contribution in [2.45, 2.75) is 19.8 Å². The Labute approximate surface area is 87.8 Å². The Hall–Kier alpha value is -1.16. The highest BCUT2D eigenvalue weighted by Crippen LogP contribution is 2.28. The second-order valence-electron chi connectivity index (χ2n) is 3.17. The van der Waals surface area contributed by atoms with Gasteiger partial charge in [-0.25, -0.2) is 8.78 Å². The predicted molar refractivity (Wildman–Crippen MR) is 53.1 cm³/mol. The molecule has 1 rings (SSSR count). The molecule has 0 aliphatic carbocycles. The van der Waals surface area contributed by atoms with E-state index >= 15 is 0 Å². The molecule has 0 bridgehead atoms. The maximum absolute atomic E-state index is 12.8. The van der Waals surface area contributed by atoms with Gasteiger partial charge < -0.3 is 9.47 Å². The third kappa shape index (κ3) is 3.83. The van der Waals surface area contributed by atoms with Crippen LogP contribution in [0.1, 0.15) is 19.4 Å². The average Bonchev–Trinajstić information content (AvgIpc) is 2.18. The van der Waals surface area contributed by atoms with Crippen molar-refractivity contribution in [3.63, 3.8) is 0 Å². The Balaban J connectivity index is 2.57. The highest BCUT2D eigenvalue weighted by molar-refractivity contribution is 5.29. The summed E-state index contributed by atoms with van der Waals surface area (Å²) in [5, 5.41) is 0. The van der Waals surface area contributed by atoms with Gasteiger partial charge in [0.05, 0.1) is 0 Å². The number of hydrogen-bond acceptors (Lipinski definition) is 2. The summed E-state index contributed by atoms with van der Waals surface area (Å²) in [6.07, 6.45) is 0. The van der Waals surface area contributed by atoms with E-state index in [4.69, 9.17) is 9.47 Å². The van der Waals surface area contributed by atoms with E-state index in [0.29, 0.717) is 12.4 Å². The van der Waals surface area contributed by atoms with E-state index in [1.54, 1.807) is 0 Å². The molecule has 0 fully saturated rings. The highest BCUT2D eigenvalue weighted by atomic mass is 19.3. The molecule has 0 spiro atoms. The molecule has 0 heterocycles. The van der Waals surface area contributed by atoms with Gasteiger partial charge in [0, 0.05) is 19.1 Å². The fraction of sp³-hybridized carbons (Fsp3) is 0.455. The number of hydrogen-bond donors (Lipinski definition) is 0. The molecule has 0 saturated heterocycles. The quantitative estimate of drug-likeness (QED) is 0.556. The molecule has 84 valence electrons. The zero-order chi connectivity index (χ0) is 11.3. The Morgan fingerprint density at radius 3 is 2.27 bits per heavy atom. The summed E-state index contributed by atoms with van der Waals surface area (Å²) < 4.78 is 35.8. The summed E-state index contributed by atoms with van der Waals surface area (Å²) in [5.74, 6) is -2.28. The molecule has 0 atom stereocenters. The van der Waals surface area contributed by atoms with Crippen LogP contribution in [0.15, 0.2) is 24.3 Å². The van der Waals surface area contributed by atoms with Gasteiger partial charge in [-0.05, 0) is 31.2 Å². The third-order valence-electron chi connectivity index (χ3n) is 1.87. The maximum Gasteiger partial charge on any atom is 0.270 e. The lowest BCUT2D eigenvalue weighted by molar-refractivity contribution is 0.0165. The lowest BCUT2D eigenvalue weighted by Crippen LogP contribution is -2.07. The summed E-state index contributed by atoms with van der Waals surface area (Å²) in [4.78, 5) is 0. The fourth-order valence-electron chi connectivity index (χ4n) is 1.04. The second kappa shape index (κ2) is 5.07. The number of ether oxygens (including phenoxy) is 2. The monoisotopic (exact) mass is 216 g/mol. The first-order chi connectivity index (χ1) is 7.04. The summed E-state index contributed by atoms with van der Waals surface area (Å²) in [6, 6.07) is 5.71. The lowest BCUT2D eigenvalue weighted by Gasteiger charge is -2.11. The lowest BCUT2D eigenvalue weighted by atomic mass is 10.1. The average molecular weight is 216 g/mol. The van der Waals surface area contributed by atoms with Crippen molar-refractivity contribution in [3.05, 3.63) is 29.8 Å². The van der Waals surface area contributed by atoms with E-state index in [1.165, 1.54) is 24.3 Å². The van der Waals surface area contributed by atoms with Crippen LogP contribution in [0, 0.1) is 0 Å². The Morgan fingerprint density at radius 1 is 1.20 bits per heavy atom. The highest BCUT2D eigenvalue weighted by Gasteiger charge is 2.23. The van der Waals surface area contributed by atoms with Gasteiger partial charge in [0.25, 0.3) is 5.92 Å². The van der Waals surface area contributed by atoms with Crippen molar-refractivity contribution in [2.75, 3.05) is 13.4 Å². The molecule has 0 aliphatic rings. The van der Waals surface area contributed by atoms with E-state index in [0.717, 1.165) is 6.92 Å². The van der Waals surface area contributed by atoms with E-state index in [1.807, 2.05) is 6.92 Å². The predicted octanol–water partition coefficient (Wildman–Crippen LogP) is 3.17. The summed E-state index contributed by atoms with van der Waals surface area (Å²) >= 11 is 0. The van der Waals surface area contributed by atoms with Gasteiger partial charge in [0.1, 0.15) is 5.75 Å². The van der Waals surface area contributed by atoms with Gasteiger partial charge in [-0.15, -0.1) is 0 Å². The van der Waals surface area contributed by atoms with Crippen molar-refractivity contribution in [3.8, 4) is 5.75 Å². The molecule has 0 amide bonds. The van der Waals surface area contributed by atoms with Gasteiger partial charge in [-0.2, -0.15) is 0 Å². The fourth-order valence-corrected chi connectivity index (χ4v) is 1.04. The standard InChI is InChI=1S/C11H14F2O2/c1-3-14-8-15-10-6-4-9(5-7-10)11(2,12)13/h4-7H,3,8H2,1-2H3. The van der Waals surface area contributed by atoms with Crippen LogP contribution in [0.4, 0.5) is 8.78 Å². The minimum absolute atomic E-state index is 0.0220. The first-order valence-electron chi connectivity index (χ1n) is 4.73. The molecule has 15 heavy (non-hydrogen) atoms. The summed E-state index contributed by atoms with van der Waals surface area (Å²) in [6.45, 7) is 3.41. The minimum Gasteiger partial charge on any atom is -0.468 e. The third-order valence-corrected chi connectivity index (χ3v) is 1.87. The molecule has 0 aromatic heterocycles. The van der Waals surface area contributed by atoms with Crippen LogP contribution in [-0.2, 0) is 10.7 Å². The topological polar surface area (TPSA) is 18.5 Å². The van der Waals surface area contributed by atoms with Crippen molar-refractivity contribution < 1.29 is 18.3 Å². The molecule has 0 unspecified atom stereocenters. The van der Waals surface area contributed by atoms with Gasteiger partial charge in [-0.1, -0.05) is 0 Å². The molecule has 4 heteroatoms. The molecule has 0 radical (unpaired) electrons. The largest absolute Gasteiger partial charge is 0.468 e. The Morgan fingerprint density at radius 2 is 1.80 bits per heavy atom. The van der Waals surface area contributed by atoms with Crippen molar-refractivity contribution in [1.82, 2.24) is 0 Å². The Kier molecular flexibility index (Phi) is 4.03. The van der Waals surface area contributed by atoms with E-state index in [9.17, 15) is 8.78 Å². The zero-order valence-electron chi connectivity index (χ0n) is 8.80. The van der Waals surface area contributed by atoms with Crippen LogP contribution >= 0.6 is 0 Å². The molecule has 0 saturated carbocycles. The summed E-state index contributed by atoms with van der Waals surface area (Å²) in [5.41, 5.74) is -0.0220. The summed E-state index contributed by atoms with van der Waals surface area (Å²) in [7, 11) is 0. The Bertz CT molecular complexity index is 290. The molecule has 1 aromatic carbocycles. The number of halogens is 2. The molecule has 0 N–H and O–H groups in total. The molecule has 2 nitrogen and oxygen atoms in total. The van der Waals surface area contributed by atoms with Crippen LogP contribution in [0.3, 0.4) is 0 Å². The number of alkyl halides is 2. The normalized spacial score (nSPS) is 11.5. The number of benzene rings is 1. The molecular weight excluding hydrogens is 202 g/mol. The van der Waals surface area contributed by atoms with Gasteiger partial charge in [0.2, 0.25) is 0 Å². The molecule has 0 aliphatic heterocycles. The van der Waals surface area contributed by atoms with Gasteiger partial charge in [0.15, 0.2) is 6.79 Å². The maximum atomic E-state index is 12.8. The first-order valence-corrected chi connectivity index (χ1v) is 4.73. The second-order valence-corrected chi connectivity index (χ2v) is 3.17.